The van der Waals surface area contributed by atoms with Crippen LogP contribution in [0, 0.1) is 11.3 Å². The van der Waals surface area contributed by atoms with Gasteiger partial charge in [0.1, 0.15) is 5.69 Å². The fourth-order valence-corrected chi connectivity index (χ4v) is 4.42. The van der Waals surface area contributed by atoms with Crippen molar-refractivity contribution in [3.8, 4) is 11.8 Å². The number of carbonyl (C=O) groups excluding carboxylic acids is 2. The lowest BCUT2D eigenvalue weighted by molar-refractivity contribution is 0.0686. The third-order valence-electron chi connectivity index (χ3n) is 6.24. The van der Waals surface area contributed by atoms with E-state index >= 15 is 0 Å². The van der Waals surface area contributed by atoms with E-state index in [4.69, 9.17) is 14.7 Å². The van der Waals surface area contributed by atoms with Crippen LogP contribution in [0.2, 0.25) is 0 Å². The lowest BCUT2D eigenvalue weighted by Gasteiger charge is -2.24. The summed E-state index contributed by atoms with van der Waals surface area (Å²) < 4.78 is 13.1. The second-order valence-corrected chi connectivity index (χ2v) is 8.26. The first-order chi connectivity index (χ1) is 15.5. The molecule has 4 rings (SSSR count). The topological polar surface area (TPSA) is 96.6 Å². The van der Waals surface area contributed by atoms with Gasteiger partial charge >= 0.3 is 6.09 Å². The van der Waals surface area contributed by atoms with Crippen molar-refractivity contribution in [1.29, 1.82) is 5.26 Å². The van der Waals surface area contributed by atoms with E-state index in [1.54, 1.807) is 18.2 Å². The quantitative estimate of drug-likeness (QED) is 0.770. The highest BCUT2D eigenvalue weighted by Gasteiger charge is 2.31. The molecule has 0 spiro atoms. The molecule has 3 heterocycles. The second kappa shape index (κ2) is 9.45. The summed E-state index contributed by atoms with van der Waals surface area (Å²) in [5.41, 5.74) is 2.70. The lowest BCUT2D eigenvalue weighted by atomic mass is 10.0. The van der Waals surface area contributed by atoms with Crippen LogP contribution in [-0.4, -0.2) is 40.7 Å². The summed E-state index contributed by atoms with van der Waals surface area (Å²) in [4.78, 5) is 27.8. The van der Waals surface area contributed by atoms with Gasteiger partial charge in [-0.25, -0.2) is 4.79 Å². The molecule has 1 fully saturated rings. The molecule has 8 heteroatoms. The van der Waals surface area contributed by atoms with Gasteiger partial charge in [-0.2, -0.15) is 5.26 Å². The number of hydrogen-bond donors (Lipinski definition) is 1. The molecule has 0 aliphatic carbocycles. The van der Waals surface area contributed by atoms with Crippen molar-refractivity contribution < 1.29 is 19.1 Å². The predicted molar refractivity (Wildman–Crippen MR) is 117 cm³/mol. The predicted octanol–water partition coefficient (Wildman–Crippen LogP) is 3.75. The largest absolute Gasteiger partial charge is 0.413 e. The van der Waals surface area contributed by atoms with Crippen LogP contribution in [-0.2, 0) is 17.9 Å². The summed E-state index contributed by atoms with van der Waals surface area (Å²) in [6.45, 7) is 6.12. The number of carbonyl (C=O) groups is 2. The van der Waals surface area contributed by atoms with E-state index in [1.165, 1.54) is 0 Å². The minimum Gasteiger partial charge on any atom is -0.408 e. The van der Waals surface area contributed by atoms with Crippen LogP contribution < -0.4 is 10.1 Å². The highest BCUT2D eigenvalue weighted by atomic mass is 16.6. The van der Waals surface area contributed by atoms with E-state index < -0.39 is 6.09 Å². The normalized spacial score (nSPS) is 18.5. The molecule has 0 bridgehead atoms. The fraction of sp³-hybridized carbons (Fsp3) is 0.458. The summed E-state index contributed by atoms with van der Waals surface area (Å²) in [6.07, 6.45) is 2.08. The first kappa shape index (κ1) is 21.9. The van der Waals surface area contributed by atoms with E-state index in [0.717, 1.165) is 24.9 Å². The first-order valence-electron chi connectivity index (χ1n) is 11.1. The molecule has 1 aromatic carbocycles. The van der Waals surface area contributed by atoms with Gasteiger partial charge in [0.25, 0.3) is 5.91 Å². The van der Waals surface area contributed by atoms with Gasteiger partial charge in [0.2, 0.25) is 0 Å². The van der Waals surface area contributed by atoms with Crippen molar-refractivity contribution >= 4 is 12.0 Å². The van der Waals surface area contributed by atoms with E-state index in [0.29, 0.717) is 42.3 Å². The molecule has 2 aromatic rings. The number of aromatic nitrogens is 1. The highest BCUT2D eigenvalue weighted by molar-refractivity contribution is 5.94. The molecule has 0 radical (unpaired) electrons. The minimum atomic E-state index is -0.589. The molecule has 1 saturated heterocycles. The molecule has 1 N–H and O–H groups in total. The zero-order chi connectivity index (χ0) is 22.7. The number of hydrogen-bond acceptors (Lipinski definition) is 5. The smallest absolute Gasteiger partial charge is 0.408 e. The molecule has 2 amide bonds. The molecule has 32 heavy (non-hydrogen) atoms. The van der Waals surface area contributed by atoms with Crippen molar-refractivity contribution in [2.75, 3.05) is 13.2 Å². The van der Waals surface area contributed by atoms with Crippen LogP contribution in [0.1, 0.15) is 66.5 Å². The van der Waals surface area contributed by atoms with Gasteiger partial charge in [0.15, 0.2) is 5.75 Å². The van der Waals surface area contributed by atoms with Gasteiger partial charge < -0.3 is 24.3 Å². The average Bonchev–Trinajstić information content (AvgIpc) is 3.41. The standard InChI is InChI=1S/C24H28N4O4/c1-3-19(18-8-6-17(14-25)7-9-18)26-24(30)32-22-13-20(28-11-12-31-15-21(22)28)23(29)27-10-4-5-16(27)2/h6-9,13,16,19H,3-5,10-12,15H2,1-2H3,(H,26,30)/t16-,19+/m0/s1. The molecule has 2 aliphatic rings. The molecule has 8 nitrogen and oxygen atoms in total. The Morgan fingerprint density at radius 1 is 1.31 bits per heavy atom. The number of benzene rings is 1. The average molecular weight is 437 g/mol. The Morgan fingerprint density at radius 2 is 2.09 bits per heavy atom. The summed E-state index contributed by atoms with van der Waals surface area (Å²) >= 11 is 0. The molecule has 1 aromatic heterocycles. The Bertz CT molecular complexity index is 1040. The van der Waals surface area contributed by atoms with Gasteiger partial charge in [-0.15, -0.1) is 0 Å². The van der Waals surface area contributed by atoms with Crippen molar-refractivity contribution in [3.63, 3.8) is 0 Å². The molecule has 0 unspecified atom stereocenters. The van der Waals surface area contributed by atoms with Gasteiger partial charge in [-0.3, -0.25) is 4.79 Å². The van der Waals surface area contributed by atoms with Crippen LogP contribution in [0.4, 0.5) is 4.79 Å². The minimum absolute atomic E-state index is 0.0302. The van der Waals surface area contributed by atoms with E-state index in [-0.39, 0.29) is 24.6 Å². The Balaban J connectivity index is 1.51. The first-order valence-corrected chi connectivity index (χ1v) is 11.1. The Labute approximate surface area is 187 Å². The van der Waals surface area contributed by atoms with Gasteiger partial charge in [0.05, 0.1) is 36.6 Å². The number of ether oxygens (including phenoxy) is 2. The SMILES string of the molecule is CC[C@@H](NC(=O)Oc1cc(C(=O)N2CCC[C@@H]2C)n2c1COCC2)c1ccc(C#N)cc1. The third kappa shape index (κ3) is 4.34. The number of rotatable bonds is 5. The summed E-state index contributed by atoms with van der Waals surface area (Å²) in [5, 5.41) is 11.9. The van der Waals surface area contributed by atoms with Crippen molar-refractivity contribution in [2.45, 2.75) is 58.3 Å². The maximum Gasteiger partial charge on any atom is 0.413 e. The number of fused-ring (bicyclic) bond motifs is 1. The third-order valence-corrected chi connectivity index (χ3v) is 6.24. The van der Waals surface area contributed by atoms with Crippen LogP contribution >= 0.6 is 0 Å². The van der Waals surface area contributed by atoms with Crippen LogP contribution in [0.5, 0.6) is 5.75 Å². The highest BCUT2D eigenvalue weighted by Crippen LogP contribution is 2.30. The molecule has 168 valence electrons. The number of nitrogens with one attached hydrogen (secondary N) is 1. The van der Waals surface area contributed by atoms with E-state index in [2.05, 4.69) is 18.3 Å². The van der Waals surface area contributed by atoms with Crippen LogP contribution in [0.25, 0.3) is 0 Å². The zero-order valence-electron chi connectivity index (χ0n) is 18.5. The van der Waals surface area contributed by atoms with Crippen LogP contribution in [0.15, 0.2) is 30.3 Å². The number of likely N-dealkylation sites (tertiary alicyclic amines) is 1. The maximum atomic E-state index is 13.2. The summed E-state index contributed by atoms with van der Waals surface area (Å²) in [5.74, 6) is 0.324. The molecular weight excluding hydrogens is 408 g/mol. The monoisotopic (exact) mass is 436 g/mol. The number of nitrogens with zero attached hydrogens (tertiary/aromatic N) is 3. The van der Waals surface area contributed by atoms with E-state index in [1.807, 2.05) is 28.5 Å². The molecule has 2 atom stereocenters. The van der Waals surface area contributed by atoms with Crippen molar-refractivity contribution in [2.24, 2.45) is 0 Å². The number of amides is 2. The van der Waals surface area contributed by atoms with E-state index in [9.17, 15) is 9.59 Å². The van der Waals surface area contributed by atoms with Gasteiger partial charge in [-0.05, 0) is 43.9 Å². The molecule has 2 aliphatic heterocycles. The Hall–Kier alpha value is -3.31. The van der Waals surface area contributed by atoms with Crippen LogP contribution in [0.3, 0.4) is 0 Å². The second-order valence-electron chi connectivity index (χ2n) is 8.26. The zero-order valence-corrected chi connectivity index (χ0v) is 18.5. The summed E-state index contributed by atoms with van der Waals surface area (Å²) in [7, 11) is 0. The number of nitriles is 1. The van der Waals surface area contributed by atoms with Gasteiger partial charge in [-0.1, -0.05) is 19.1 Å². The van der Waals surface area contributed by atoms with Crippen molar-refractivity contribution in [1.82, 2.24) is 14.8 Å². The Kier molecular flexibility index (Phi) is 6.47. The summed E-state index contributed by atoms with van der Waals surface area (Å²) in [6, 6.07) is 10.8. The Morgan fingerprint density at radius 3 is 2.75 bits per heavy atom. The lowest BCUT2D eigenvalue weighted by Crippen LogP contribution is -2.35. The molecule has 0 saturated carbocycles. The van der Waals surface area contributed by atoms with Gasteiger partial charge in [0, 0.05) is 25.2 Å². The fourth-order valence-electron chi connectivity index (χ4n) is 4.42. The van der Waals surface area contributed by atoms with Crippen molar-refractivity contribution in [3.05, 3.63) is 52.8 Å². The molecular formula is C24H28N4O4. The maximum absolute atomic E-state index is 13.2.